The second kappa shape index (κ2) is 8.61. The van der Waals surface area contributed by atoms with E-state index in [1.807, 2.05) is 17.5 Å². The summed E-state index contributed by atoms with van der Waals surface area (Å²) in [5.41, 5.74) is 1.58. The fourth-order valence-electron chi connectivity index (χ4n) is 2.76. The molecule has 1 atom stereocenters. The van der Waals surface area contributed by atoms with E-state index < -0.39 is 0 Å². The molecule has 4 aromatic rings. The highest BCUT2D eigenvalue weighted by atomic mass is 32.1. The third-order valence-electron chi connectivity index (χ3n) is 4.16. The molecule has 1 N–H and O–H groups in total. The van der Waals surface area contributed by atoms with E-state index in [4.69, 9.17) is 4.74 Å². The second-order valence-corrected chi connectivity index (χ2v) is 7.08. The van der Waals surface area contributed by atoms with Gasteiger partial charge >= 0.3 is 0 Å². The normalized spacial score (nSPS) is 11.8. The summed E-state index contributed by atoms with van der Waals surface area (Å²) in [5, 5.41) is 15.9. The van der Waals surface area contributed by atoms with Crippen molar-refractivity contribution in [1.29, 1.82) is 0 Å². The Morgan fingerprint density at radius 3 is 2.59 bits per heavy atom. The predicted molar refractivity (Wildman–Crippen MR) is 105 cm³/mol. The summed E-state index contributed by atoms with van der Waals surface area (Å²) in [6.45, 7) is -0.146. The van der Waals surface area contributed by atoms with Crippen molar-refractivity contribution in [2.24, 2.45) is 0 Å². The van der Waals surface area contributed by atoms with Gasteiger partial charge in [0.2, 0.25) is 0 Å². The van der Waals surface area contributed by atoms with E-state index in [9.17, 15) is 9.18 Å². The zero-order chi connectivity index (χ0) is 20.1. The number of thiophene rings is 1. The lowest BCUT2D eigenvalue weighted by atomic mass is 10.1. The number of tetrazole rings is 1. The molecule has 1 unspecified atom stereocenters. The first kappa shape index (κ1) is 18.8. The molecule has 0 aliphatic carbocycles. The Balaban J connectivity index is 1.40. The zero-order valence-electron chi connectivity index (χ0n) is 15.1. The van der Waals surface area contributed by atoms with Crippen molar-refractivity contribution in [1.82, 2.24) is 25.5 Å². The monoisotopic (exact) mass is 409 g/mol. The highest BCUT2D eigenvalue weighted by Crippen LogP contribution is 2.26. The van der Waals surface area contributed by atoms with Gasteiger partial charge in [-0.3, -0.25) is 4.79 Å². The van der Waals surface area contributed by atoms with Crippen LogP contribution in [0.3, 0.4) is 0 Å². The molecule has 1 amide bonds. The molecule has 0 radical (unpaired) electrons. The molecule has 2 aromatic carbocycles. The van der Waals surface area contributed by atoms with E-state index in [1.165, 1.54) is 34.5 Å². The van der Waals surface area contributed by atoms with Gasteiger partial charge in [-0.2, -0.15) is 0 Å². The average molecular weight is 409 g/mol. The maximum Gasteiger partial charge on any atom is 0.258 e. The Morgan fingerprint density at radius 2 is 1.93 bits per heavy atom. The van der Waals surface area contributed by atoms with Crippen LogP contribution in [0.2, 0.25) is 0 Å². The molecule has 0 aliphatic heterocycles. The van der Waals surface area contributed by atoms with Crippen LogP contribution in [0.1, 0.15) is 16.5 Å². The van der Waals surface area contributed by atoms with E-state index in [0.29, 0.717) is 5.75 Å². The van der Waals surface area contributed by atoms with E-state index in [1.54, 1.807) is 36.4 Å². The lowest BCUT2D eigenvalue weighted by Crippen LogP contribution is -2.32. The van der Waals surface area contributed by atoms with E-state index >= 15 is 0 Å². The first-order valence-electron chi connectivity index (χ1n) is 8.73. The third kappa shape index (κ3) is 4.64. The fraction of sp³-hybridized carbons (Fsp3) is 0.100. The number of aromatic nitrogens is 4. The number of hydrogen-bond acceptors (Lipinski definition) is 6. The van der Waals surface area contributed by atoms with Gasteiger partial charge in [0.1, 0.15) is 17.9 Å². The number of carbonyl (C=O) groups excluding carboxylic acids is 1. The lowest BCUT2D eigenvalue weighted by molar-refractivity contribution is -0.123. The van der Waals surface area contributed by atoms with Gasteiger partial charge in [-0.15, -0.1) is 16.4 Å². The van der Waals surface area contributed by atoms with Crippen LogP contribution in [-0.2, 0) is 4.79 Å². The summed E-state index contributed by atoms with van der Waals surface area (Å²) in [4.78, 5) is 13.4. The summed E-state index contributed by atoms with van der Waals surface area (Å²) in [5.74, 6) is -0.0535. The molecule has 4 rings (SSSR count). The van der Waals surface area contributed by atoms with Gasteiger partial charge in [-0.1, -0.05) is 18.2 Å². The molecule has 146 valence electrons. The number of benzene rings is 2. The Labute approximate surface area is 169 Å². The maximum absolute atomic E-state index is 13.3. The highest BCUT2D eigenvalue weighted by molar-refractivity contribution is 7.10. The number of nitrogens with zero attached hydrogens (tertiary/aromatic N) is 4. The van der Waals surface area contributed by atoms with Gasteiger partial charge in [-0.25, -0.2) is 9.07 Å². The standard InChI is InChI=1S/C20H16FN5O2S/c21-15-5-3-14(4-6-15)20(18-2-1-11-29-18)23-19(27)12-28-17-9-7-16(8-10-17)26-13-22-24-25-26/h1-11,13,20H,12H2,(H,23,27). The minimum atomic E-state index is -0.367. The molecule has 7 nitrogen and oxygen atoms in total. The average Bonchev–Trinajstić information content (AvgIpc) is 3.46. The van der Waals surface area contributed by atoms with Gasteiger partial charge in [0.05, 0.1) is 11.7 Å². The topological polar surface area (TPSA) is 81.9 Å². The Morgan fingerprint density at radius 1 is 1.14 bits per heavy atom. The first-order valence-corrected chi connectivity index (χ1v) is 9.61. The molecule has 0 bridgehead atoms. The van der Waals surface area contributed by atoms with Crippen LogP contribution in [-0.4, -0.2) is 32.7 Å². The zero-order valence-corrected chi connectivity index (χ0v) is 15.9. The van der Waals surface area contributed by atoms with Gasteiger partial charge in [0, 0.05) is 4.88 Å². The number of halogens is 1. The third-order valence-corrected chi connectivity index (χ3v) is 5.09. The summed E-state index contributed by atoms with van der Waals surface area (Å²) >= 11 is 1.52. The molecular weight excluding hydrogens is 393 g/mol. The van der Waals surface area contributed by atoms with Gasteiger partial charge in [0.15, 0.2) is 6.61 Å². The van der Waals surface area contributed by atoms with Crippen molar-refractivity contribution in [3.8, 4) is 11.4 Å². The van der Waals surface area contributed by atoms with Crippen molar-refractivity contribution in [3.05, 3.63) is 88.6 Å². The number of hydrogen-bond donors (Lipinski definition) is 1. The Kier molecular flexibility index (Phi) is 5.57. The van der Waals surface area contributed by atoms with Crippen LogP contribution in [0.15, 0.2) is 72.4 Å². The predicted octanol–water partition coefficient (Wildman–Crippen LogP) is 3.15. The smallest absolute Gasteiger partial charge is 0.258 e. The molecule has 2 heterocycles. The van der Waals surface area contributed by atoms with Gasteiger partial charge < -0.3 is 10.1 Å². The molecule has 0 aliphatic rings. The van der Waals surface area contributed by atoms with E-state index in [0.717, 1.165) is 16.1 Å². The molecule has 0 fully saturated rings. The SMILES string of the molecule is O=C(COc1ccc(-n2cnnn2)cc1)NC(c1ccc(F)cc1)c1cccs1. The maximum atomic E-state index is 13.3. The number of amides is 1. The van der Waals surface area contributed by atoms with Crippen LogP contribution in [0.25, 0.3) is 5.69 Å². The van der Waals surface area contributed by atoms with Crippen LogP contribution < -0.4 is 10.1 Å². The molecule has 9 heteroatoms. The molecule has 0 spiro atoms. The van der Waals surface area contributed by atoms with Gasteiger partial charge in [0.25, 0.3) is 5.91 Å². The number of carbonyl (C=O) groups is 1. The van der Waals surface area contributed by atoms with Crippen LogP contribution >= 0.6 is 11.3 Å². The number of nitrogens with one attached hydrogen (secondary N) is 1. The summed E-state index contributed by atoms with van der Waals surface area (Å²) in [7, 11) is 0. The van der Waals surface area contributed by atoms with Gasteiger partial charge in [-0.05, 0) is 63.8 Å². The largest absolute Gasteiger partial charge is 0.484 e. The molecule has 2 aromatic heterocycles. The van der Waals surface area contributed by atoms with Crippen molar-refractivity contribution in [3.63, 3.8) is 0 Å². The minimum absolute atomic E-state index is 0.146. The Hall–Kier alpha value is -3.59. The molecule has 0 saturated heterocycles. The fourth-order valence-corrected chi connectivity index (χ4v) is 3.56. The van der Waals surface area contributed by atoms with Crippen LogP contribution in [0.5, 0.6) is 5.75 Å². The van der Waals surface area contributed by atoms with E-state index in [2.05, 4.69) is 20.8 Å². The number of rotatable bonds is 7. The summed E-state index contributed by atoms with van der Waals surface area (Å²) in [6.07, 6.45) is 1.49. The highest BCUT2D eigenvalue weighted by Gasteiger charge is 2.18. The lowest BCUT2D eigenvalue weighted by Gasteiger charge is -2.18. The van der Waals surface area contributed by atoms with E-state index in [-0.39, 0.29) is 24.4 Å². The van der Waals surface area contributed by atoms with Crippen molar-refractivity contribution >= 4 is 17.2 Å². The molecule has 0 saturated carbocycles. The first-order chi connectivity index (χ1) is 14.2. The summed E-state index contributed by atoms with van der Waals surface area (Å²) in [6, 6.07) is 16.6. The Bertz CT molecular complexity index is 1050. The minimum Gasteiger partial charge on any atom is -0.484 e. The van der Waals surface area contributed by atoms with Crippen molar-refractivity contribution in [2.45, 2.75) is 6.04 Å². The second-order valence-electron chi connectivity index (χ2n) is 6.10. The molecular formula is C20H16FN5O2S. The van der Waals surface area contributed by atoms with Crippen LogP contribution in [0.4, 0.5) is 4.39 Å². The molecule has 29 heavy (non-hydrogen) atoms. The number of ether oxygens (including phenoxy) is 1. The van der Waals surface area contributed by atoms with Crippen molar-refractivity contribution in [2.75, 3.05) is 6.61 Å². The summed E-state index contributed by atoms with van der Waals surface area (Å²) < 4.78 is 20.4. The quantitative estimate of drug-likeness (QED) is 0.507. The van der Waals surface area contributed by atoms with Crippen molar-refractivity contribution < 1.29 is 13.9 Å². The van der Waals surface area contributed by atoms with Crippen LogP contribution in [0, 0.1) is 5.82 Å².